The number of aromatic nitrogens is 1. The average molecular weight is 468 g/mol. The molecule has 1 aromatic carbocycles. The Labute approximate surface area is 197 Å². The van der Waals surface area contributed by atoms with Gasteiger partial charge in [-0.05, 0) is 62.7 Å². The number of allylic oxidation sites excluding steroid dienone is 1. The second-order valence-corrected chi connectivity index (χ2v) is 9.04. The van der Waals surface area contributed by atoms with Gasteiger partial charge in [-0.15, -0.1) is 0 Å². The van der Waals surface area contributed by atoms with Crippen LogP contribution >= 0.6 is 0 Å². The second kappa shape index (κ2) is 9.85. The van der Waals surface area contributed by atoms with E-state index in [1.807, 2.05) is 18.2 Å². The lowest BCUT2D eigenvalue weighted by Crippen LogP contribution is -2.43. The molecule has 0 aliphatic carbocycles. The number of hydrogen-bond donors (Lipinski definition) is 1. The molecule has 2 saturated heterocycles. The molecule has 0 unspecified atom stereocenters. The van der Waals surface area contributed by atoms with Crippen LogP contribution in [0.5, 0.6) is 0 Å². The first-order valence-corrected chi connectivity index (χ1v) is 11.4. The number of hydrogen-bond acceptors (Lipinski definition) is 5. The number of halogens is 2. The van der Waals surface area contributed by atoms with Gasteiger partial charge in [-0.1, -0.05) is 18.2 Å². The fourth-order valence-corrected chi connectivity index (χ4v) is 4.48. The maximum absolute atomic E-state index is 13.6. The number of fused-ring (bicyclic) bond motifs is 1. The van der Waals surface area contributed by atoms with E-state index in [1.54, 1.807) is 12.1 Å². The van der Waals surface area contributed by atoms with Crippen molar-refractivity contribution in [3.8, 4) is 6.07 Å². The SMILES string of the molecule is CN1CCC(/C=C/c2ccc3nccc(C(=O)NCC(=O)N4CC(F)(F)C[C@H]4C#N)c3c2)CC1. The molecule has 2 aromatic rings. The van der Waals surface area contributed by atoms with E-state index >= 15 is 0 Å². The van der Waals surface area contributed by atoms with Crippen molar-refractivity contribution in [3.63, 3.8) is 0 Å². The molecule has 34 heavy (non-hydrogen) atoms. The fourth-order valence-electron chi connectivity index (χ4n) is 4.48. The number of nitriles is 1. The molecule has 2 fully saturated rings. The second-order valence-electron chi connectivity index (χ2n) is 9.04. The van der Waals surface area contributed by atoms with Crippen molar-refractivity contribution >= 4 is 28.8 Å². The third kappa shape index (κ3) is 5.39. The molecule has 2 amide bonds. The molecule has 1 atom stereocenters. The van der Waals surface area contributed by atoms with Crippen molar-refractivity contribution in [2.45, 2.75) is 31.2 Å². The van der Waals surface area contributed by atoms with Crippen LogP contribution in [0, 0.1) is 17.2 Å². The average Bonchev–Trinajstić information content (AvgIpc) is 3.16. The molecule has 0 bridgehead atoms. The lowest BCUT2D eigenvalue weighted by atomic mass is 9.95. The Hall–Kier alpha value is -3.38. The molecule has 3 heterocycles. The molecule has 1 N–H and O–H groups in total. The minimum Gasteiger partial charge on any atom is -0.343 e. The molecule has 178 valence electrons. The molecule has 7 nitrogen and oxygen atoms in total. The summed E-state index contributed by atoms with van der Waals surface area (Å²) in [6.45, 7) is 0.867. The van der Waals surface area contributed by atoms with Crippen LogP contribution in [-0.4, -0.2) is 71.8 Å². The molecule has 4 rings (SSSR count). The standard InChI is InChI=1S/C25H27F2N5O2/c1-31-10-7-17(8-11-31)2-3-18-4-5-22-21(12-18)20(6-9-29-22)24(34)30-15-23(33)32-16-25(26,27)13-19(32)14-28/h2-6,9,12,17,19H,7-8,10-11,13,15-16H2,1H3,(H,30,34)/b3-2+/t19-/m0/s1. The zero-order chi connectivity index (χ0) is 24.3. The number of nitrogens with one attached hydrogen (secondary N) is 1. The Balaban J connectivity index is 1.45. The summed E-state index contributed by atoms with van der Waals surface area (Å²) in [5.74, 6) is -3.79. The van der Waals surface area contributed by atoms with Crippen molar-refractivity contribution in [2.75, 3.05) is 33.2 Å². The van der Waals surface area contributed by atoms with Crippen LogP contribution in [0.25, 0.3) is 17.0 Å². The number of benzene rings is 1. The summed E-state index contributed by atoms with van der Waals surface area (Å²) in [6, 6.07) is 7.78. The van der Waals surface area contributed by atoms with Crippen LogP contribution in [0.2, 0.25) is 0 Å². The highest BCUT2D eigenvalue weighted by Crippen LogP contribution is 2.31. The first kappa shape index (κ1) is 23.8. The number of piperidine rings is 1. The van der Waals surface area contributed by atoms with E-state index in [0.29, 0.717) is 22.4 Å². The van der Waals surface area contributed by atoms with Crippen LogP contribution < -0.4 is 5.32 Å². The molecule has 9 heteroatoms. The number of amides is 2. The van der Waals surface area contributed by atoms with E-state index in [0.717, 1.165) is 36.4 Å². The summed E-state index contributed by atoms with van der Waals surface area (Å²) in [4.78, 5) is 32.7. The summed E-state index contributed by atoms with van der Waals surface area (Å²) in [5, 5.41) is 12.2. The van der Waals surface area contributed by atoms with Crippen molar-refractivity contribution in [3.05, 3.63) is 47.7 Å². The quantitative estimate of drug-likeness (QED) is 0.730. The van der Waals surface area contributed by atoms with Crippen molar-refractivity contribution < 1.29 is 18.4 Å². The number of carbonyl (C=O) groups is 2. The molecule has 0 radical (unpaired) electrons. The Morgan fingerprint density at radius 3 is 2.79 bits per heavy atom. The van der Waals surface area contributed by atoms with Gasteiger partial charge in [0.15, 0.2) is 0 Å². The molecule has 2 aliphatic rings. The van der Waals surface area contributed by atoms with Crippen LogP contribution in [0.4, 0.5) is 8.78 Å². The Morgan fingerprint density at radius 2 is 2.06 bits per heavy atom. The van der Waals surface area contributed by atoms with Gasteiger partial charge in [0.05, 0.1) is 30.2 Å². The van der Waals surface area contributed by atoms with Gasteiger partial charge in [-0.2, -0.15) is 5.26 Å². The van der Waals surface area contributed by atoms with Crippen LogP contribution in [0.1, 0.15) is 35.2 Å². The largest absolute Gasteiger partial charge is 0.343 e. The molecule has 2 aliphatic heterocycles. The van der Waals surface area contributed by atoms with E-state index in [1.165, 1.54) is 6.20 Å². The van der Waals surface area contributed by atoms with Gasteiger partial charge in [0, 0.05) is 18.0 Å². The van der Waals surface area contributed by atoms with E-state index in [2.05, 4.69) is 34.4 Å². The number of carbonyl (C=O) groups excluding carboxylic acids is 2. The molecule has 0 spiro atoms. The molecule has 1 aromatic heterocycles. The monoisotopic (exact) mass is 467 g/mol. The van der Waals surface area contributed by atoms with E-state index < -0.39 is 43.3 Å². The summed E-state index contributed by atoms with van der Waals surface area (Å²) < 4.78 is 27.2. The predicted molar refractivity (Wildman–Crippen MR) is 124 cm³/mol. The number of likely N-dealkylation sites (tertiary alicyclic amines) is 2. The number of alkyl halides is 2. The van der Waals surface area contributed by atoms with E-state index in [9.17, 15) is 18.4 Å². The predicted octanol–water partition coefficient (Wildman–Crippen LogP) is 3.08. The van der Waals surface area contributed by atoms with Gasteiger partial charge in [0.25, 0.3) is 11.8 Å². The summed E-state index contributed by atoms with van der Waals surface area (Å²) in [5.41, 5.74) is 1.93. The third-order valence-corrected chi connectivity index (χ3v) is 6.47. The number of nitrogens with zero attached hydrogens (tertiary/aromatic N) is 4. The summed E-state index contributed by atoms with van der Waals surface area (Å²) >= 11 is 0. The van der Waals surface area contributed by atoms with Gasteiger partial charge in [-0.3, -0.25) is 14.6 Å². The summed E-state index contributed by atoms with van der Waals surface area (Å²) in [7, 11) is 2.12. The van der Waals surface area contributed by atoms with E-state index in [4.69, 9.17) is 5.26 Å². The van der Waals surface area contributed by atoms with Crippen LogP contribution in [-0.2, 0) is 4.79 Å². The van der Waals surface area contributed by atoms with Crippen LogP contribution in [0.15, 0.2) is 36.5 Å². The van der Waals surface area contributed by atoms with Crippen LogP contribution in [0.3, 0.4) is 0 Å². The Kier molecular flexibility index (Phi) is 6.89. The van der Waals surface area contributed by atoms with E-state index in [-0.39, 0.29) is 0 Å². The highest BCUT2D eigenvalue weighted by Gasteiger charge is 2.47. The molecular weight excluding hydrogens is 440 g/mol. The Morgan fingerprint density at radius 1 is 1.29 bits per heavy atom. The van der Waals surface area contributed by atoms with Gasteiger partial charge in [-0.25, -0.2) is 8.78 Å². The number of pyridine rings is 1. The minimum absolute atomic E-state index is 0.343. The van der Waals surface area contributed by atoms with Crippen molar-refractivity contribution in [2.24, 2.45) is 5.92 Å². The van der Waals surface area contributed by atoms with Gasteiger partial charge < -0.3 is 15.1 Å². The highest BCUT2D eigenvalue weighted by molar-refractivity contribution is 6.07. The Bertz CT molecular complexity index is 1150. The molecular formula is C25H27F2N5O2. The highest BCUT2D eigenvalue weighted by atomic mass is 19.3. The maximum atomic E-state index is 13.6. The van der Waals surface area contributed by atoms with Crippen molar-refractivity contribution in [1.29, 1.82) is 5.26 Å². The van der Waals surface area contributed by atoms with Crippen molar-refractivity contribution in [1.82, 2.24) is 20.1 Å². The number of rotatable bonds is 5. The third-order valence-electron chi connectivity index (χ3n) is 6.47. The topological polar surface area (TPSA) is 89.3 Å². The first-order valence-electron chi connectivity index (χ1n) is 11.4. The van der Waals surface area contributed by atoms with Gasteiger partial charge >= 0.3 is 0 Å². The maximum Gasteiger partial charge on any atom is 0.268 e. The van der Waals surface area contributed by atoms with Gasteiger partial charge in [0.1, 0.15) is 6.04 Å². The zero-order valence-electron chi connectivity index (χ0n) is 19.0. The fraction of sp³-hybridized carbons (Fsp3) is 0.440. The lowest BCUT2D eigenvalue weighted by Gasteiger charge is -2.26. The van der Waals surface area contributed by atoms with Gasteiger partial charge in [0.2, 0.25) is 5.91 Å². The summed E-state index contributed by atoms with van der Waals surface area (Å²) in [6.07, 6.45) is 7.31. The first-order chi connectivity index (χ1) is 16.3. The zero-order valence-corrected chi connectivity index (χ0v) is 19.0. The smallest absolute Gasteiger partial charge is 0.268 e. The minimum atomic E-state index is -3.10. The lowest BCUT2D eigenvalue weighted by molar-refractivity contribution is -0.131. The normalized spacial score (nSPS) is 21.1. The molecule has 0 saturated carbocycles.